The van der Waals surface area contributed by atoms with Crippen molar-refractivity contribution in [2.75, 3.05) is 6.54 Å². The van der Waals surface area contributed by atoms with E-state index in [9.17, 15) is 4.79 Å². The SMILES string of the molecule is CC(CCNCc1c[nH]c2ncccc12)NC(=O)OC(C)(C)C. The van der Waals surface area contributed by atoms with Gasteiger partial charge in [-0.1, -0.05) is 0 Å². The van der Waals surface area contributed by atoms with Crippen molar-refractivity contribution in [3.63, 3.8) is 0 Å². The van der Waals surface area contributed by atoms with Gasteiger partial charge in [0.1, 0.15) is 11.2 Å². The van der Waals surface area contributed by atoms with E-state index in [-0.39, 0.29) is 12.1 Å². The average Bonchev–Trinajstić information content (AvgIpc) is 2.85. The van der Waals surface area contributed by atoms with Crippen LogP contribution in [0.1, 0.15) is 39.7 Å². The van der Waals surface area contributed by atoms with Gasteiger partial charge in [-0.15, -0.1) is 0 Å². The summed E-state index contributed by atoms with van der Waals surface area (Å²) in [5.74, 6) is 0. The highest BCUT2D eigenvalue weighted by molar-refractivity contribution is 5.79. The quantitative estimate of drug-likeness (QED) is 0.716. The molecule has 0 fully saturated rings. The number of aromatic nitrogens is 2. The molecule has 0 radical (unpaired) electrons. The molecule has 2 aromatic heterocycles. The fourth-order valence-electron chi connectivity index (χ4n) is 2.28. The van der Waals surface area contributed by atoms with E-state index in [0.717, 1.165) is 30.5 Å². The Morgan fingerprint density at radius 2 is 2.22 bits per heavy atom. The minimum absolute atomic E-state index is 0.0574. The van der Waals surface area contributed by atoms with Gasteiger partial charge in [0.05, 0.1) is 0 Å². The van der Waals surface area contributed by atoms with Gasteiger partial charge in [-0.3, -0.25) is 0 Å². The number of nitrogens with one attached hydrogen (secondary N) is 3. The maximum atomic E-state index is 11.7. The van der Waals surface area contributed by atoms with Crippen molar-refractivity contribution >= 4 is 17.1 Å². The lowest BCUT2D eigenvalue weighted by molar-refractivity contribution is 0.0506. The lowest BCUT2D eigenvalue weighted by Crippen LogP contribution is -2.38. The Morgan fingerprint density at radius 1 is 1.43 bits per heavy atom. The third-order valence-electron chi connectivity index (χ3n) is 3.37. The van der Waals surface area contributed by atoms with Crippen LogP contribution in [-0.2, 0) is 11.3 Å². The molecule has 2 rings (SSSR count). The minimum atomic E-state index is -0.467. The van der Waals surface area contributed by atoms with Crippen LogP contribution >= 0.6 is 0 Å². The number of H-pyrrole nitrogens is 1. The van der Waals surface area contributed by atoms with Gasteiger partial charge >= 0.3 is 6.09 Å². The Kier molecular flexibility index (Phi) is 5.60. The molecule has 0 aliphatic rings. The van der Waals surface area contributed by atoms with E-state index in [1.54, 1.807) is 6.20 Å². The van der Waals surface area contributed by atoms with Gasteiger partial charge in [-0.05, 0) is 58.4 Å². The molecule has 0 saturated heterocycles. The highest BCUT2D eigenvalue weighted by Gasteiger charge is 2.17. The predicted octanol–water partition coefficient (Wildman–Crippen LogP) is 2.96. The van der Waals surface area contributed by atoms with Gasteiger partial charge in [0.25, 0.3) is 0 Å². The third-order valence-corrected chi connectivity index (χ3v) is 3.37. The summed E-state index contributed by atoms with van der Waals surface area (Å²) in [5.41, 5.74) is 1.64. The van der Waals surface area contributed by atoms with Crippen molar-refractivity contribution in [3.8, 4) is 0 Å². The average molecular weight is 318 g/mol. The number of ether oxygens (including phenoxy) is 1. The summed E-state index contributed by atoms with van der Waals surface area (Å²) >= 11 is 0. The maximum absolute atomic E-state index is 11.7. The normalized spacial score (nSPS) is 13.0. The molecule has 6 heteroatoms. The molecule has 3 N–H and O–H groups in total. The van der Waals surface area contributed by atoms with Crippen LogP contribution in [0.25, 0.3) is 11.0 Å². The number of amides is 1. The van der Waals surface area contributed by atoms with Crippen molar-refractivity contribution in [1.82, 2.24) is 20.6 Å². The Labute approximate surface area is 137 Å². The fraction of sp³-hybridized carbons (Fsp3) is 0.529. The van der Waals surface area contributed by atoms with E-state index in [0.29, 0.717) is 0 Å². The van der Waals surface area contributed by atoms with Gasteiger partial charge in [0, 0.05) is 30.4 Å². The number of carbonyl (C=O) groups excluding carboxylic acids is 1. The largest absolute Gasteiger partial charge is 0.444 e. The van der Waals surface area contributed by atoms with E-state index in [4.69, 9.17) is 4.74 Å². The molecule has 1 atom stereocenters. The molecule has 23 heavy (non-hydrogen) atoms. The van der Waals surface area contributed by atoms with Crippen molar-refractivity contribution in [2.45, 2.75) is 52.3 Å². The summed E-state index contributed by atoms with van der Waals surface area (Å²) in [7, 11) is 0. The van der Waals surface area contributed by atoms with Crippen LogP contribution in [0.5, 0.6) is 0 Å². The Hall–Kier alpha value is -2.08. The zero-order valence-electron chi connectivity index (χ0n) is 14.3. The van der Waals surface area contributed by atoms with Crippen LogP contribution in [0.3, 0.4) is 0 Å². The van der Waals surface area contributed by atoms with Crippen LogP contribution in [0.2, 0.25) is 0 Å². The smallest absolute Gasteiger partial charge is 0.407 e. The van der Waals surface area contributed by atoms with Crippen molar-refractivity contribution in [3.05, 3.63) is 30.1 Å². The standard InChI is InChI=1S/C17H26N4O2/c1-12(21-16(22)23-17(2,3)4)7-9-18-10-13-11-20-15-14(13)6-5-8-19-15/h5-6,8,11-12,18H,7,9-10H2,1-4H3,(H,19,20)(H,21,22). The number of carbonyl (C=O) groups is 1. The summed E-state index contributed by atoms with van der Waals surface area (Å²) < 4.78 is 5.24. The second kappa shape index (κ2) is 7.46. The summed E-state index contributed by atoms with van der Waals surface area (Å²) in [4.78, 5) is 19.1. The molecule has 1 unspecified atom stereocenters. The number of rotatable bonds is 6. The Morgan fingerprint density at radius 3 is 2.96 bits per heavy atom. The number of hydrogen-bond donors (Lipinski definition) is 3. The van der Waals surface area contributed by atoms with E-state index in [1.807, 2.05) is 40.0 Å². The van der Waals surface area contributed by atoms with Crippen LogP contribution in [0, 0.1) is 0 Å². The van der Waals surface area contributed by atoms with Gasteiger partial charge in [0.15, 0.2) is 0 Å². The Balaban J connectivity index is 1.70. The molecule has 6 nitrogen and oxygen atoms in total. The first-order valence-corrected chi connectivity index (χ1v) is 7.96. The van der Waals surface area contributed by atoms with Crippen molar-refractivity contribution in [1.29, 1.82) is 0 Å². The molecule has 0 aliphatic heterocycles. The first-order chi connectivity index (χ1) is 10.8. The molecular formula is C17H26N4O2. The summed E-state index contributed by atoms with van der Waals surface area (Å²) in [6.07, 6.45) is 4.22. The van der Waals surface area contributed by atoms with E-state index in [2.05, 4.69) is 26.7 Å². The molecule has 2 aromatic rings. The number of alkyl carbamates (subject to hydrolysis) is 1. The monoisotopic (exact) mass is 318 g/mol. The molecular weight excluding hydrogens is 292 g/mol. The maximum Gasteiger partial charge on any atom is 0.407 e. The summed E-state index contributed by atoms with van der Waals surface area (Å²) in [5, 5.41) is 7.37. The summed E-state index contributed by atoms with van der Waals surface area (Å²) in [6, 6.07) is 4.05. The van der Waals surface area contributed by atoms with Gasteiger partial charge < -0.3 is 20.4 Å². The topological polar surface area (TPSA) is 79.0 Å². The number of aromatic amines is 1. The third kappa shape index (κ3) is 5.56. The highest BCUT2D eigenvalue weighted by Crippen LogP contribution is 2.15. The first kappa shape index (κ1) is 17.3. The molecule has 0 bridgehead atoms. The van der Waals surface area contributed by atoms with E-state index < -0.39 is 5.60 Å². The van der Waals surface area contributed by atoms with Crippen LogP contribution in [0.15, 0.2) is 24.5 Å². The van der Waals surface area contributed by atoms with E-state index in [1.165, 1.54) is 5.56 Å². The lowest BCUT2D eigenvalue weighted by atomic mass is 10.2. The molecule has 126 valence electrons. The number of pyridine rings is 1. The fourth-order valence-corrected chi connectivity index (χ4v) is 2.28. The molecule has 0 saturated carbocycles. The lowest BCUT2D eigenvalue weighted by Gasteiger charge is -2.22. The minimum Gasteiger partial charge on any atom is -0.444 e. The number of nitrogens with zero attached hydrogens (tertiary/aromatic N) is 1. The molecule has 0 aliphatic carbocycles. The molecule has 1 amide bonds. The van der Waals surface area contributed by atoms with E-state index >= 15 is 0 Å². The number of fused-ring (bicyclic) bond motifs is 1. The van der Waals surface area contributed by atoms with Gasteiger partial charge in [-0.25, -0.2) is 9.78 Å². The zero-order chi connectivity index (χ0) is 16.9. The first-order valence-electron chi connectivity index (χ1n) is 7.96. The van der Waals surface area contributed by atoms with Crippen LogP contribution in [0.4, 0.5) is 4.79 Å². The Bertz CT molecular complexity index is 645. The van der Waals surface area contributed by atoms with Crippen molar-refractivity contribution < 1.29 is 9.53 Å². The summed E-state index contributed by atoms with van der Waals surface area (Å²) in [6.45, 7) is 9.12. The molecule has 0 aromatic carbocycles. The number of hydrogen-bond acceptors (Lipinski definition) is 4. The van der Waals surface area contributed by atoms with Crippen LogP contribution in [-0.4, -0.2) is 34.2 Å². The highest BCUT2D eigenvalue weighted by atomic mass is 16.6. The predicted molar refractivity (Wildman–Crippen MR) is 91.2 cm³/mol. The van der Waals surface area contributed by atoms with Crippen molar-refractivity contribution in [2.24, 2.45) is 0 Å². The second-order valence-corrected chi connectivity index (χ2v) is 6.73. The molecule has 0 spiro atoms. The second-order valence-electron chi connectivity index (χ2n) is 6.73. The van der Waals surface area contributed by atoms with Gasteiger partial charge in [-0.2, -0.15) is 0 Å². The van der Waals surface area contributed by atoms with Crippen LogP contribution < -0.4 is 10.6 Å². The molecule has 2 heterocycles. The van der Waals surface area contributed by atoms with Gasteiger partial charge in [0.2, 0.25) is 0 Å². The zero-order valence-corrected chi connectivity index (χ0v) is 14.3.